The lowest BCUT2D eigenvalue weighted by molar-refractivity contribution is -0.0464. The van der Waals surface area contributed by atoms with Crippen molar-refractivity contribution in [2.75, 3.05) is 32.8 Å². The summed E-state index contributed by atoms with van der Waals surface area (Å²) < 4.78 is 24.7. The second-order valence-electron chi connectivity index (χ2n) is 5.02. The molecule has 21 heavy (non-hydrogen) atoms. The first-order chi connectivity index (χ1) is 10.1. The first-order valence-electron chi connectivity index (χ1n) is 7.09. The molecule has 1 aromatic rings. The average molecular weight is 296 g/mol. The van der Waals surface area contributed by atoms with E-state index in [1.807, 2.05) is 0 Å². The maximum atomic E-state index is 13.4. The van der Waals surface area contributed by atoms with E-state index in [9.17, 15) is 4.39 Å². The number of benzene rings is 1. The van der Waals surface area contributed by atoms with Crippen molar-refractivity contribution in [2.45, 2.75) is 20.0 Å². The summed E-state index contributed by atoms with van der Waals surface area (Å²) in [6.07, 6.45) is -0.0406. The molecule has 0 aliphatic carbocycles. The maximum Gasteiger partial charge on any atom is 0.131 e. The molecule has 1 saturated heterocycles. The minimum Gasteiger partial charge on any atom is -0.490 e. The van der Waals surface area contributed by atoms with E-state index in [4.69, 9.17) is 14.7 Å². The Balaban J connectivity index is 2.04. The Bertz CT molecular complexity index is 508. The van der Waals surface area contributed by atoms with E-state index < -0.39 is 0 Å². The molecule has 1 aliphatic heterocycles. The molecular formula is C15H21FN2O3. The zero-order chi connectivity index (χ0) is 15.2. The van der Waals surface area contributed by atoms with Gasteiger partial charge in [0.15, 0.2) is 0 Å². The van der Waals surface area contributed by atoms with E-state index in [1.54, 1.807) is 13.0 Å². The van der Waals surface area contributed by atoms with Crippen molar-refractivity contribution >= 4 is 5.71 Å². The smallest absolute Gasteiger partial charge is 0.131 e. The van der Waals surface area contributed by atoms with Crippen LogP contribution < -0.4 is 4.74 Å². The summed E-state index contributed by atoms with van der Waals surface area (Å²) in [7, 11) is 0. The van der Waals surface area contributed by atoms with Gasteiger partial charge in [0.1, 0.15) is 24.3 Å². The Kier molecular flexibility index (Phi) is 5.52. The molecular weight excluding hydrogens is 275 g/mol. The quantitative estimate of drug-likeness (QED) is 0.514. The van der Waals surface area contributed by atoms with E-state index in [-0.39, 0.29) is 11.9 Å². The van der Waals surface area contributed by atoms with Gasteiger partial charge in [0.05, 0.1) is 12.3 Å². The van der Waals surface area contributed by atoms with E-state index in [1.165, 1.54) is 12.1 Å². The summed E-state index contributed by atoms with van der Waals surface area (Å²) in [6, 6.07) is 4.15. The van der Waals surface area contributed by atoms with Crippen LogP contribution in [0.25, 0.3) is 0 Å². The topological polar surface area (TPSA) is 54.3 Å². The lowest BCUT2D eigenvalue weighted by Crippen LogP contribution is -2.44. The van der Waals surface area contributed by atoms with Gasteiger partial charge in [-0.25, -0.2) is 4.39 Å². The van der Waals surface area contributed by atoms with Crippen LogP contribution in [0, 0.1) is 5.82 Å². The Labute approximate surface area is 124 Å². The highest BCUT2D eigenvalue weighted by molar-refractivity contribution is 6.00. The molecule has 0 bridgehead atoms. The monoisotopic (exact) mass is 296 g/mol. The number of likely N-dealkylation sites (N-methyl/N-ethyl adjacent to an activating group) is 1. The summed E-state index contributed by atoms with van der Waals surface area (Å²) in [5.74, 6) is -0.0261. The fraction of sp³-hybridized carbons (Fsp3) is 0.533. The van der Waals surface area contributed by atoms with Gasteiger partial charge >= 0.3 is 0 Å². The van der Waals surface area contributed by atoms with Crippen LogP contribution in [0.4, 0.5) is 4.39 Å². The zero-order valence-corrected chi connectivity index (χ0v) is 12.4. The molecule has 0 spiro atoms. The van der Waals surface area contributed by atoms with Crippen molar-refractivity contribution in [2.24, 2.45) is 5.16 Å². The van der Waals surface area contributed by atoms with Gasteiger partial charge in [-0.1, -0.05) is 12.1 Å². The molecule has 1 aromatic carbocycles. The van der Waals surface area contributed by atoms with E-state index in [0.717, 1.165) is 19.6 Å². The van der Waals surface area contributed by atoms with Gasteiger partial charge in [0.25, 0.3) is 0 Å². The van der Waals surface area contributed by atoms with Crippen LogP contribution in [0.15, 0.2) is 23.4 Å². The molecule has 6 heteroatoms. The van der Waals surface area contributed by atoms with Crippen molar-refractivity contribution in [3.8, 4) is 5.75 Å². The summed E-state index contributed by atoms with van der Waals surface area (Å²) >= 11 is 0. The second kappa shape index (κ2) is 7.38. The third-order valence-electron chi connectivity index (χ3n) is 3.58. The first kappa shape index (κ1) is 15.7. The molecule has 0 saturated carbocycles. The molecule has 1 aliphatic rings. The minimum atomic E-state index is -0.390. The third-order valence-corrected chi connectivity index (χ3v) is 3.58. The number of ether oxygens (including phenoxy) is 2. The van der Waals surface area contributed by atoms with Crippen molar-refractivity contribution in [1.29, 1.82) is 0 Å². The van der Waals surface area contributed by atoms with Crippen LogP contribution in [0.1, 0.15) is 19.4 Å². The minimum absolute atomic E-state index is 0.0406. The molecule has 1 heterocycles. The highest BCUT2D eigenvalue weighted by Gasteiger charge is 2.20. The third kappa shape index (κ3) is 4.15. The molecule has 2 rings (SSSR count). The fourth-order valence-corrected chi connectivity index (χ4v) is 2.32. The predicted octanol–water partition coefficient (Wildman–Crippen LogP) is 2.12. The Morgan fingerprint density at radius 3 is 3.10 bits per heavy atom. The molecule has 1 atom stereocenters. The van der Waals surface area contributed by atoms with Crippen LogP contribution in [-0.2, 0) is 4.74 Å². The number of morpholine rings is 1. The Morgan fingerprint density at radius 1 is 1.57 bits per heavy atom. The van der Waals surface area contributed by atoms with Gasteiger partial charge in [-0.2, -0.15) is 0 Å². The highest BCUT2D eigenvalue weighted by atomic mass is 19.1. The van der Waals surface area contributed by atoms with Gasteiger partial charge in [-0.05, 0) is 25.6 Å². The van der Waals surface area contributed by atoms with Gasteiger partial charge < -0.3 is 14.7 Å². The van der Waals surface area contributed by atoms with E-state index >= 15 is 0 Å². The number of hydrogen-bond donors (Lipinski definition) is 1. The molecule has 0 radical (unpaired) electrons. The van der Waals surface area contributed by atoms with Crippen molar-refractivity contribution in [3.63, 3.8) is 0 Å². The largest absolute Gasteiger partial charge is 0.490 e. The number of nitrogens with zero attached hydrogens (tertiary/aromatic N) is 2. The zero-order valence-electron chi connectivity index (χ0n) is 12.4. The van der Waals surface area contributed by atoms with Crippen molar-refractivity contribution < 1.29 is 19.1 Å². The van der Waals surface area contributed by atoms with Crippen LogP contribution >= 0.6 is 0 Å². The molecule has 0 amide bonds. The van der Waals surface area contributed by atoms with Crippen molar-refractivity contribution in [1.82, 2.24) is 4.90 Å². The SMILES string of the molecule is CCN1CCOC(COc2cc(F)ccc2C(C)=NO)C1. The summed E-state index contributed by atoms with van der Waals surface area (Å²) in [4.78, 5) is 2.28. The van der Waals surface area contributed by atoms with Gasteiger partial charge in [-0.3, -0.25) is 4.90 Å². The predicted molar refractivity (Wildman–Crippen MR) is 77.7 cm³/mol. The van der Waals surface area contributed by atoms with E-state index in [2.05, 4.69) is 17.0 Å². The molecule has 116 valence electrons. The summed E-state index contributed by atoms with van der Waals surface area (Å²) in [5, 5.41) is 12.0. The molecule has 0 aromatic heterocycles. The molecule has 1 N–H and O–H groups in total. The number of oxime groups is 1. The van der Waals surface area contributed by atoms with Crippen LogP contribution in [0.2, 0.25) is 0 Å². The van der Waals surface area contributed by atoms with Crippen LogP contribution in [0.5, 0.6) is 5.75 Å². The maximum absolute atomic E-state index is 13.4. The van der Waals surface area contributed by atoms with Gasteiger partial charge in [-0.15, -0.1) is 0 Å². The van der Waals surface area contributed by atoms with Crippen LogP contribution in [0.3, 0.4) is 0 Å². The number of hydrogen-bond acceptors (Lipinski definition) is 5. The average Bonchev–Trinajstić information content (AvgIpc) is 2.52. The second-order valence-corrected chi connectivity index (χ2v) is 5.02. The summed E-state index contributed by atoms with van der Waals surface area (Å²) in [6.45, 7) is 7.45. The normalized spacial score (nSPS) is 20.5. The molecule has 1 unspecified atom stereocenters. The number of halogens is 1. The molecule has 5 nitrogen and oxygen atoms in total. The highest BCUT2D eigenvalue weighted by Crippen LogP contribution is 2.21. The lowest BCUT2D eigenvalue weighted by Gasteiger charge is -2.32. The lowest BCUT2D eigenvalue weighted by atomic mass is 10.1. The Hall–Kier alpha value is -1.66. The Morgan fingerprint density at radius 2 is 2.38 bits per heavy atom. The van der Waals surface area contributed by atoms with Gasteiger partial charge in [0, 0.05) is 24.7 Å². The fourth-order valence-electron chi connectivity index (χ4n) is 2.32. The first-order valence-corrected chi connectivity index (χ1v) is 7.09. The van der Waals surface area contributed by atoms with E-state index in [0.29, 0.717) is 30.2 Å². The number of rotatable bonds is 5. The van der Waals surface area contributed by atoms with Crippen molar-refractivity contribution in [3.05, 3.63) is 29.6 Å². The van der Waals surface area contributed by atoms with Crippen LogP contribution in [-0.4, -0.2) is 54.8 Å². The molecule has 1 fully saturated rings. The van der Waals surface area contributed by atoms with Gasteiger partial charge in [0.2, 0.25) is 0 Å². The summed E-state index contributed by atoms with van der Waals surface area (Å²) in [5.41, 5.74) is 0.951. The standard InChI is InChI=1S/C15H21FN2O3/c1-3-18-6-7-20-13(9-18)10-21-15-8-12(16)4-5-14(15)11(2)17-19/h4-5,8,13,19H,3,6-7,9-10H2,1-2H3.